The van der Waals surface area contributed by atoms with Crippen molar-refractivity contribution >= 4 is 10.0 Å². The summed E-state index contributed by atoms with van der Waals surface area (Å²) in [5.41, 5.74) is 0. The molecule has 5 nitrogen and oxygen atoms in total. The number of aliphatic hydroxyl groups excluding tert-OH is 1. The maximum Gasteiger partial charge on any atom is 0.213 e. The zero-order valence-corrected chi connectivity index (χ0v) is 10.2. The van der Waals surface area contributed by atoms with Crippen LogP contribution in [-0.4, -0.2) is 45.1 Å². The van der Waals surface area contributed by atoms with Crippen molar-refractivity contribution in [2.75, 3.05) is 25.5 Å². The largest absolute Gasteiger partial charge is 0.392 e. The van der Waals surface area contributed by atoms with Gasteiger partial charge in [-0.2, -0.15) is 0 Å². The van der Waals surface area contributed by atoms with Crippen LogP contribution in [0.5, 0.6) is 0 Å². The highest BCUT2D eigenvalue weighted by Gasteiger charge is 2.11. The van der Waals surface area contributed by atoms with Gasteiger partial charge in [0.25, 0.3) is 0 Å². The number of nitrogens with one attached hydrogen (secondary N) is 1. The standard InChI is InChI=1S/C9H21NO4S/c1-3-5-9(11)8-10-15(12,13)7-6-14-4-2/h9-11H,3-8H2,1-2H3. The first kappa shape index (κ1) is 14.8. The van der Waals surface area contributed by atoms with Crippen LogP contribution in [0.4, 0.5) is 0 Å². The number of rotatable bonds is 9. The molecule has 0 saturated carbocycles. The van der Waals surface area contributed by atoms with Crippen LogP contribution in [-0.2, 0) is 14.8 Å². The van der Waals surface area contributed by atoms with Gasteiger partial charge in [0.15, 0.2) is 0 Å². The highest BCUT2D eigenvalue weighted by molar-refractivity contribution is 7.89. The molecular weight excluding hydrogens is 218 g/mol. The predicted octanol–water partition coefficient (Wildman–Crippen LogP) is 0.103. The minimum atomic E-state index is -3.30. The second kappa shape index (κ2) is 8.04. The maximum absolute atomic E-state index is 11.3. The zero-order chi connectivity index (χ0) is 11.7. The van der Waals surface area contributed by atoms with Crippen molar-refractivity contribution < 1.29 is 18.3 Å². The van der Waals surface area contributed by atoms with Crippen molar-refractivity contribution in [1.29, 1.82) is 0 Å². The molecule has 2 N–H and O–H groups in total. The molecule has 0 aromatic rings. The lowest BCUT2D eigenvalue weighted by atomic mass is 10.2. The van der Waals surface area contributed by atoms with Crippen molar-refractivity contribution in [1.82, 2.24) is 4.72 Å². The first-order chi connectivity index (χ1) is 7.02. The minimum Gasteiger partial charge on any atom is -0.392 e. The van der Waals surface area contributed by atoms with E-state index in [1.165, 1.54) is 0 Å². The molecule has 6 heteroatoms. The van der Waals surface area contributed by atoms with Crippen molar-refractivity contribution in [2.45, 2.75) is 32.8 Å². The number of hydrogen-bond acceptors (Lipinski definition) is 4. The van der Waals surface area contributed by atoms with Crippen molar-refractivity contribution in [3.63, 3.8) is 0 Å². The van der Waals surface area contributed by atoms with E-state index in [9.17, 15) is 13.5 Å². The predicted molar refractivity (Wildman–Crippen MR) is 59.2 cm³/mol. The van der Waals surface area contributed by atoms with E-state index < -0.39 is 16.1 Å². The first-order valence-electron chi connectivity index (χ1n) is 5.25. The van der Waals surface area contributed by atoms with Gasteiger partial charge in [-0.05, 0) is 13.3 Å². The first-order valence-corrected chi connectivity index (χ1v) is 6.90. The summed E-state index contributed by atoms with van der Waals surface area (Å²) in [6, 6.07) is 0. The fourth-order valence-electron chi connectivity index (χ4n) is 1.04. The second-order valence-corrected chi connectivity index (χ2v) is 5.23. The third-order valence-electron chi connectivity index (χ3n) is 1.86. The molecular formula is C9H21NO4S. The fraction of sp³-hybridized carbons (Fsp3) is 1.00. The summed E-state index contributed by atoms with van der Waals surface area (Å²) in [7, 11) is -3.30. The molecule has 1 unspecified atom stereocenters. The molecule has 0 fully saturated rings. The molecule has 0 aromatic heterocycles. The third-order valence-corrected chi connectivity index (χ3v) is 3.17. The van der Waals surface area contributed by atoms with Crippen LogP contribution in [0, 0.1) is 0 Å². The summed E-state index contributed by atoms with van der Waals surface area (Å²) in [5.74, 6) is -0.0559. The zero-order valence-electron chi connectivity index (χ0n) is 9.40. The average Bonchev–Trinajstić information content (AvgIpc) is 2.16. The van der Waals surface area contributed by atoms with Crippen LogP contribution in [0.2, 0.25) is 0 Å². The van der Waals surface area contributed by atoms with E-state index in [2.05, 4.69) is 4.72 Å². The molecule has 0 aliphatic carbocycles. The Morgan fingerprint density at radius 3 is 2.60 bits per heavy atom. The molecule has 92 valence electrons. The van der Waals surface area contributed by atoms with Crippen LogP contribution >= 0.6 is 0 Å². The van der Waals surface area contributed by atoms with Gasteiger partial charge in [-0.15, -0.1) is 0 Å². The van der Waals surface area contributed by atoms with Gasteiger partial charge in [0.05, 0.1) is 18.5 Å². The normalized spacial score (nSPS) is 14.1. The second-order valence-electron chi connectivity index (χ2n) is 3.31. The Labute approximate surface area is 91.9 Å². The minimum absolute atomic E-state index is 0.0559. The highest BCUT2D eigenvalue weighted by Crippen LogP contribution is 1.95. The van der Waals surface area contributed by atoms with Gasteiger partial charge in [0.2, 0.25) is 10.0 Å². The summed E-state index contributed by atoms with van der Waals surface area (Å²) in [5, 5.41) is 9.33. The molecule has 15 heavy (non-hydrogen) atoms. The lowest BCUT2D eigenvalue weighted by molar-refractivity contribution is 0.161. The van der Waals surface area contributed by atoms with Gasteiger partial charge in [0, 0.05) is 13.2 Å². The van der Waals surface area contributed by atoms with Crippen molar-refractivity contribution in [3.05, 3.63) is 0 Å². The number of hydrogen-bond donors (Lipinski definition) is 2. The van der Waals surface area contributed by atoms with E-state index in [4.69, 9.17) is 4.74 Å². The Bertz CT molecular complexity index is 240. The van der Waals surface area contributed by atoms with Crippen molar-refractivity contribution in [3.8, 4) is 0 Å². The maximum atomic E-state index is 11.3. The summed E-state index contributed by atoms with van der Waals surface area (Å²) in [6.07, 6.45) is 0.840. The lowest BCUT2D eigenvalue weighted by Crippen LogP contribution is -2.34. The molecule has 1 atom stereocenters. The van der Waals surface area contributed by atoms with Crippen LogP contribution in [0.15, 0.2) is 0 Å². The molecule has 0 aliphatic heterocycles. The van der Waals surface area contributed by atoms with Crippen LogP contribution in [0.3, 0.4) is 0 Å². The Hall–Kier alpha value is -0.170. The molecule has 0 saturated heterocycles. The van der Waals surface area contributed by atoms with Crippen LogP contribution in [0.1, 0.15) is 26.7 Å². The summed E-state index contributed by atoms with van der Waals surface area (Å²) < 4.78 is 29.9. The molecule has 0 spiro atoms. The SMILES string of the molecule is CCCC(O)CNS(=O)(=O)CCOCC. The third kappa shape index (κ3) is 8.80. The van der Waals surface area contributed by atoms with Gasteiger partial charge < -0.3 is 9.84 Å². The summed E-state index contributed by atoms with van der Waals surface area (Å²) in [4.78, 5) is 0. The molecule has 0 aliphatic rings. The monoisotopic (exact) mass is 239 g/mol. The van der Waals surface area contributed by atoms with Crippen LogP contribution < -0.4 is 4.72 Å². The average molecular weight is 239 g/mol. The molecule has 0 amide bonds. The van der Waals surface area contributed by atoms with Gasteiger partial charge >= 0.3 is 0 Å². The Morgan fingerprint density at radius 1 is 1.40 bits per heavy atom. The smallest absolute Gasteiger partial charge is 0.213 e. The van der Waals surface area contributed by atoms with Crippen molar-refractivity contribution in [2.24, 2.45) is 0 Å². The van der Waals surface area contributed by atoms with E-state index >= 15 is 0 Å². The van der Waals surface area contributed by atoms with E-state index in [0.29, 0.717) is 13.0 Å². The van der Waals surface area contributed by atoms with Crippen LogP contribution in [0.25, 0.3) is 0 Å². The lowest BCUT2D eigenvalue weighted by Gasteiger charge is -2.11. The van der Waals surface area contributed by atoms with Gasteiger partial charge in [0.1, 0.15) is 0 Å². The molecule has 0 aromatic carbocycles. The Kier molecular flexibility index (Phi) is 7.95. The number of ether oxygens (including phenoxy) is 1. The van der Waals surface area contributed by atoms with E-state index in [1.807, 2.05) is 13.8 Å². The number of sulfonamides is 1. The van der Waals surface area contributed by atoms with Gasteiger partial charge in [-0.3, -0.25) is 0 Å². The topological polar surface area (TPSA) is 75.6 Å². The van der Waals surface area contributed by atoms with E-state index in [1.54, 1.807) is 0 Å². The van der Waals surface area contributed by atoms with Gasteiger partial charge in [-0.25, -0.2) is 13.1 Å². The number of aliphatic hydroxyl groups is 1. The summed E-state index contributed by atoms with van der Waals surface area (Å²) in [6.45, 7) is 4.53. The molecule has 0 bridgehead atoms. The fourth-order valence-corrected chi connectivity index (χ4v) is 1.97. The summed E-state index contributed by atoms with van der Waals surface area (Å²) >= 11 is 0. The Morgan fingerprint density at radius 2 is 2.07 bits per heavy atom. The highest BCUT2D eigenvalue weighted by atomic mass is 32.2. The van der Waals surface area contributed by atoms with E-state index in [0.717, 1.165) is 6.42 Å². The molecule has 0 rings (SSSR count). The van der Waals surface area contributed by atoms with Gasteiger partial charge in [-0.1, -0.05) is 13.3 Å². The molecule has 0 radical (unpaired) electrons. The quantitative estimate of drug-likeness (QED) is 0.560. The Balaban J connectivity index is 3.73. The van der Waals surface area contributed by atoms with E-state index in [-0.39, 0.29) is 18.9 Å². The molecule has 0 heterocycles.